The molecule has 0 bridgehead atoms. The summed E-state index contributed by atoms with van der Waals surface area (Å²) < 4.78 is 6.38. The fraction of sp³-hybridized carbons (Fsp3) is 0.0625. The van der Waals surface area contributed by atoms with Gasteiger partial charge in [-0.3, -0.25) is 0 Å². The summed E-state index contributed by atoms with van der Waals surface area (Å²) in [6.45, 7) is 0. The van der Waals surface area contributed by atoms with Crippen molar-refractivity contribution in [3.63, 3.8) is 0 Å². The predicted molar refractivity (Wildman–Crippen MR) is 79.4 cm³/mol. The van der Waals surface area contributed by atoms with Gasteiger partial charge in [0.25, 0.3) is 0 Å². The standard InChI is InChI=1S/C16H11BrO2/c17-13-6-3-4-11(8-13)9-14-10-12-5-1-2-7-15(12)16(18)19-14/h1-8,10H,9H2. The van der Waals surface area contributed by atoms with Gasteiger partial charge in [0.05, 0.1) is 5.39 Å². The highest BCUT2D eigenvalue weighted by atomic mass is 79.9. The molecule has 0 aliphatic heterocycles. The van der Waals surface area contributed by atoms with E-state index in [4.69, 9.17) is 4.42 Å². The van der Waals surface area contributed by atoms with Crippen LogP contribution in [-0.2, 0) is 6.42 Å². The molecule has 0 saturated heterocycles. The molecule has 0 atom stereocenters. The normalized spacial score (nSPS) is 10.8. The fourth-order valence-corrected chi connectivity index (χ4v) is 2.57. The summed E-state index contributed by atoms with van der Waals surface area (Å²) >= 11 is 3.44. The van der Waals surface area contributed by atoms with Gasteiger partial charge in [-0.15, -0.1) is 0 Å². The summed E-state index contributed by atoms with van der Waals surface area (Å²) in [5.41, 5.74) is 0.830. The van der Waals surface area contributed by atoms with E-state index in [9.17, 15) is 4.79 Å². The van der Waals surface area contributed by atoms with Crippen molar-refractivity contribution in [1.29, 1.82) is 0 Å². The summed E-state index contributed by atoms with van der Waals surface area (Å²) in [6.07, 6.45) is 0.611. The van der Waals surface area contributed by atoms with E-state index >= 15 is 0 Å². The lowest BCUT2D eigenvalue weighted by atomic mass is 10.1. The van der Waals surface area contributed by atoms with Crippen LogP contribution in [0, 0.1) is 0 Å². The van der Waals surface area contributed by atoms with Crippen LogP contribution in [0.25, 0.3) is 10.8 Å². The minimum Gasteiger partial charge on any atom is -0.427 e. The molecule has 0 radical (unpaired) electrons. The molecule has 19 heavy (non-hydrogen) atoms. The first-order valence-corrected chi connectivity index (χ1v) is 6.78. The minimum atomic E-state index is -0.275. The summed E-state index contributed by atoms with van der Waals surface area (Å²) in [5, 5.41) is 1.55. The number of halogens is 1. The monoisotopic (exact) mass is 314 g/mol. The molecule has 0 saturated carbocycles. The maximum atomic E-state index is 11.9. The number of rotatable bonds is 2. The highest BCUT2D eigenvalue weighted by molar-refractivity contribution is 9.10. The Balaban J connectivity index is 2.04. The van der Waals surface area contributed by atoms with E-state index in [1.807, 2.05) is 48.5 Å². The van der Waals surface area contributed by atoms with Crippen molar-refractivity contribution in [2.45, 2.75) is 6.42 Å². The molecule has 0 amide bonds. The molecule has 94 valence electrons. The molecule has 2 nitrogen and oxygen atoms in total. The third kappa shape index (κ3) is 2.61. The Hall–Kier alpha value is -1.87. The molecule has 0 N–H and O–H groups in total. The van der Waals surface area contributed by atoms with Gasteiger partial charge in [0.2, 0.25) is 0 Å². The lowest BCUT2D eigenvalue weighted by molar-refractivity contribution is 0.476. The van der Waals surface area contributed by atoms with Crippen molar-refractivity contribution < 1.29 is 4.42 Å². The van der Waals surface area contributed by atoms with Gasteiger partial charge in [-0.25, -0.2) is 4.79 Å². The summed E-state index contributed by atoms with van der Waals surface area (Å²) in [7, 11) is 0. The van der Waals surface area contributed by atoms with Gasteiger partial charge in [-0.1, -0.05) is 46.3 Å². The van der Waals surface area contributed by atoms with Gasteiger partial charge in [0.15, 0.2) is 0 Å². The van der Waals surface area contributed by atoms with Crippen LogP contribution in [0.4, 0.5) is 0 Å². The van der Waals surface area contributed by atoms with Crippen LogP contribution in [0.2, 0.25) is 0 Å². The molecule has 3 aromatic rings. The van der Waals surface area contributed by atoms with Crippen LogP contribution < -0.4 is 5.63 Å². The lowest BCUT2D eigenvalue weighted by Crippen LogP contribution is -2.02. The van der Waals surface area contributed by atoms with Crippen molar-refractivity contribution in [3.05, 3.63) is 80.8 Å². The van der Waals surface area contributed by atoms with Gasteiger partial charge in [0, 0.05) is 10.9 Å². The molecule has 2 aromatic carbocycles. The van der Waals surface area contributed by atoms with E-state index in [-0.39, 0.29) is 5.63 Å². The Kier molecular flexibility index (Phi) is 3.22. The SMILES string of the molecule is O=c1oc(Cc2cccc(Br)c2)cc2ccccc12. The van der Waals surface area contributed by atoms with E-state index in [0.717, 1.165) is 15.4 Å². The van der Waals surface area contributed by atoms with Crippen LogP contribution >= 0.6 is 15.9 Å². The first kappa shape index (κ1) is 12.2. The van der Waals surface area contributed by atoms with E-state index in [1.54, 1.807) is 6.07 Å². The zero-order chi connectivity index (χ0) is 13.2. The maximum absolute atomic E-state index is 11.9. The Labute approximate surface area is 118 Å². The number of fused-ring (bicyclic) bond motifs is 1. The second-order valence-corrected chi connectivity index (χ2v) is 5.31. The molecular weight excluding hydrogens is 304 g/mol. The molecule has 1 heterocycles. The van der Waals surface area contributed by atoms with Crippen LogP contribution in [0.15, 0.2) is 68.3 Å². The molecule has 3 heteroatoms. The topological polar surface area (TPSA) is 30.2 Å². The van der Waals surface area contributed by atoms with E-state index in [2.05, 4.69) is 15.9 Å². The zero-order valence-corrected chi connectivity index (χ0v) is 11.7. The van der Waals surface area contributed by atoms with Crippen LogP contribution in [0.5, 0.6) is 0 Å². The molecule has 1 aromatic heterocycles. The van der Waals surface area contributed by atoms with Gasteiger partial charge >= 0.3 is 5.63 Å². The number of benzene rings is 2. The summed E-state index contributed by atoms with van der Waals surface area (Å²) in [6, 6.07) is 17.4. The van der Waals surface area contributed by atoms with E-state index in [0.29, 0.717) is 17.6 Å². The largest absolute Gasteiger partial charge is 0.427 e. The van der Waals surface area contributed by atoms with Crippen molar-refractivity contribution in [1.82, 2.24) is 0 Å². The molecule has 0 aliphatic carbocycles. The fourth-order valence-electron chi connectivity index (χ4n) is 2.12. The quantitative estimate of drug-likeness (QED) is 0.711. The van der Waals surface area contributed by atoms with Crippen LogP contribution in [0.3, 0.4) is 0 Å². The summed E-state index contributed by atoms with van der Waals surface area (Å²) in [5.74, 6) is 0.682. The minimum absolute atomic E-state index is 0.275. The van der Waals surface area contributed by atoms with Gasteiger partial charge in [0.1, 0.15) is 5.76 Å². The Morgan fingerprint density at radius 1 is 1.00 bits per heavy atom. The molecule has 0 spiro atoms. The average Bonchev–Trinajstić information content (AvgIpc) is 2.39. The van der Waals surface area contributed by atoms with Crippen LogP contribution in [-0.4, -0.2) is 0 Å². The van der Waals surface area contributed by atoms with Crippen molar-refractivity contribution in [2.24, 2.45) is 0 Å². The van der Waals surface area contributed by atoms with Crippen LogP contribution in [0.1, 0.15) is 11.3 Å². The molecule has 0 unspecified atom stereocenters. The van der Waals surface area contributed by atoms with Crippen molar-refractivity contribution >= 4 is 26.7 Å². The molecule has 0 fully saturated rings. The predicted octanol–water partition coefficient (Wildman–Crippen LogP) is 4.15. The smallest absolute Gasteiger partial charge is 0.343 e. The van der Waals surface area contributed by atoms with Crippen molar-refractivity contribution in [2.75, 3.05) is 0 Å². The second kappa shape index (κ2) is 5.02. The third-order valence-corrected chi connectivity index (χ3v) is 3.48. The Morgan fingerprint density at radius 3 is 2.68 bits per heavy atom. The van der Waals surface area contributed by atoms with E-state index in [1.165, 1.54) is 0 Å². The van der Waals surface area contributed by atoms with Gasteiger partial charge < -0.3 is 4.42 Å². The maximum Gasteiger partial charge on any atom is 0.343 e. The Morgan fingerprint density at radius 2 is 1.84 bits per heavy atom. The second-order valence-electron chi connectivity index (χ2n) is 4.39. The first-order valence-electron chi connectivity index (χ1n) is 5.98. The highest BCUT2D eigenvalue weighted by Gasteiger charge is 2.05. The average molecular weight is 315 g/mol. The molecule has 3 rings (SSSR count). The van der Waals surface area contributed by atoms with Crippen molar-refractivity contribution in [3.8, 4) is 0 Å². The summed E-state index contributed by atoms with van der Waals surface area (Å²) in [4.78, 5) is 11.9. The third-order valence-electron chi connectivity index (χ3n) is 2.99. The highest BCUT2D eigenvalue weighted by Crippen LogP contribution is 2.17. The number of hydrogen-bond acceptors (Lipinski definition) is 2. The Bertz CT molecular complexity index is 790. The van der Waals surface area contributed by atoms with Gasteiger partial charge in [-0.05, 0) is 35.2 Å². The first-order chi connectivity index (χ1) is 9.22. The molecule has 0 aliphatic rings. The van der Waals surface area contributed by atoms with Gasteiger partial charge in [-0.2, -0.15) is 0 Å². The lowest BCUT2D eigenvalue weighted by Gasteiger charge is -2.03. The zero-order valence-electron chi connectivity index (χ0n) is 10.1. The molecular formula is C16H11BrO2. The number of hydrogen-bond donors (Lipinski definition) is 0. The van der Waals surface area contributed by atoms with E-state index < -0.39 is 0 Å².